The molecule has 0 aromatic heterocycles. The third kappa shape index (κ3) is 5.01. The van der Waals surface area contributed by atoms with E-state index in [1.54, 1.807) is 23.9 Å². The highest BCUT2D eigenvalue weighted by atomic mass is 35.5. The molecule has 0 bridgehead atoms. The summed E-state index contributed by atoms with van der Waals surface area (Å²) in [5.74, 6) is 1.67. The lowest BCUT2D eigenvalue weighted by atomic mass is 10.3. The van der Waals surface area contributed by atoms with Crippen LogP contribution in [-0.2, 0) is 0 Å². The molecular weight excluding hydrogens is 265 g/mol. The lowest BCUT2D eigenvalue weighted by Crippen LogP contribution is -2.04. The largest absolute Gasteiger partial charge is 0.512 e. The molecule has 1 aromatic rings. The highest BCUT2D eigenvalue weighted by Gasteiger charge is 1.98. The zero-order valence-electron chi connectivity index (χ0n) is 8.67. The van der Waals surface area contributed by atoms with E-state index in [-0.39, 0.29) is 5.76 Å². The Hall–Kier alpha value is -0.510. The van der Waals surface area contributed by atoms with E-state index in [9.17, 15) is 0 Å². The van der Waals surface area contributed by atoms with Crippen molar-refractivity contribution in [2.75, 3.05) is 23.4 Å². The fourth-order valence-electron chi connectivity index (χ4n) is 1.06. The van der Waals surface area contributed by atoms with Crippen molar-refractivity contribution in [3.63, 3.8) is 0 Å². The summed E-state index contributed by atoms with van der Waals surface area (Å²) in [7, 11) is 0. The van der Waals surface area contributed by atoms with E-state index in [2.05, 4.69) is 11.9 Å². The molecule has 0 saturated heterocycles. The van der Waals surface area contributed by atoms with Crippen LogP contribution in [0.2, 0.25) is 10.0 Å². The Kier molecular flexibility index (Phi) is 5.88. The standard InChI is InChI=1S/C11H13Cl2NOS/c1-8(15)7-16-5-4-14-9-2-3-10(12)11(13)6-9/h2-3,6,14-15H,1,4-5,7H2. The molecular formula is C11H13Cl2NOS. The molecule has 0 aliphatic rings. The van der Waals surface area contributed by atoms with Crippen molar-refractivity contribution in [3.8, 4) is 0 Å². The monoisotopic (exact) mass is 277 g/mol. The van der Waals surface area contributed by atoms with Gasteiger partial charge in [0.15, 0.2) is 0 Å². The molecule has 0 heterocycles. The van der Waals surface area contributed by atoms with E-state index in [1.165, 1.54) is 0 Å². The van der Waals surface area contributed by atoms with E-state index < -0.39 is 0 Å². The predicted octanol–water partition coefficient (Wildman–Crippen LogP) is 4.21. The van der Waals surface area contributed by atoms with Crippen molar-refractivity contribution in [1.82, 2.24) is 0 Å². The van der Waals surface area contributed by atoms with E-state index in [1.807, 2.05) is 6.07 Å². The molecule has 2 nitrogen and oxygen atoms in total. The lowest BCUT2D eigenvalue weighted by Gasteiger charge is -2.07. The van der Waals surface area contributed by atoms with Crippen molar-refractivity contribution in [1.29, 1.82) is 0 Å². The van der Waals surface area contributed by atoms with E-state index in [0.29, 0.717) is 15.8 Å². The van der Waals surface area contributed by atoms with Crippen LogP contribution < -0.4 is 5.32 Å². The van der Waals surface area contributed by atoms with Crippen LogP contribution in [-0.4, -0.2) is 23.2 Å². The number of halogens is 2. The molecule has 0 radical (unpaired) electrons. The molecule has 0 fully saturated rings. The molecule has 1 rings (SSSR count). The van der Waals surface area contributed by atoms with Gasteiger partial charge in [0.1, 0.15) is 0 Å². The average molecular weight is 278 g/mol. The van der Waals surface area contributed by atoms with Gasteiger partial charge in [-0.15, -0.1) is 0 Å². The van der Waals surface area contributed by atoms with Crippen molar-refractivity contribution < 1.29 is 5.11 Å². The van der Waals surface area contributed by atoms with Crippen molar-refractivity contribution in [2.45, 2.75) is 0 Å². The van der Waals surface area contributed by atoms with Crippen molar-refractivity contribution >= 4 is 40.7 Å². The summed E-state index contributed by atoms with van der Waals surface area (Å²) in [6.07, 6.45) is 0. The van der Waals surface area contributed by atoms with Crippen LogP contribution in [0.4, 0.5) is 5.69 Å². The summed E-state index contributed by atoms with van der Waals surface area (Å²) in [4.78, 5) is 0. The topological polar surface area (TPSA) is 32.3 Å². The van der Waals surface area contributed by atoms with Gasteiger partial charge < -0.3 is 10.4 Å². The minimum absolute atomic E-state index is 0.208. The van der Waals surface area contributed by atoms with Gasteiger partial charge in [0.05, 0.1) is 21.6 Å². The molecule has 16 heavy (non-hydrogen) atoms. The number of benzene rings is 1. The molecule has 5 heteroatoms. The minimum Gasteiger partial charge on any atom is -0.512 e. The van der Waals surface area contributed by atoms with Gasteiger partial charge in [-0.25, -0.2) is 0 Å². The van der Waals surface area contributed by atoms with Crippen LogP contribution >= 0.6 is 35.0 Å². The summed E-state index contributed by atoms with van der Waals surface area (Å²) >= 11 is 13.3. The smallest absolute Gasteiger partial charge is 0.0949 e. The van der Waals surface area contributed by atoms with Gasteiger partial charge in [-0.05, 0) is 18.2 Å². The highest BCUT2D eigenvalue weighted by Crippen LogP contribution is 2.24. The van der Waals surface area contributed by atoms with Crippen LogP contribution in [0.1, 0.15) is 0 Å². The minimum atomic E-state index is 0.208. The van der Waals surface area contributed by atoms with E-state index >= 15 is 0 Å². The Bertz CT molecular complexity index is 371. The number of anilines is 1. The maximum Gasteiger partial charge on any atom is 0.0949 e. The third-order valence-corrected chi connectivity index (χ3v) is 3.53. The number of thioether (sulfide) groups is 1. The molecule has 0 atom stereocenters. The molecule has 0 amide bonds. The second-order valence-electron chi connectivity index (χ2n) is 3.17. The van der Waals surface area contributed by atoms with Crippen LogP contribution in [0, 0.1) is 0 Å². The maximum atomic E-state index is 8.87. The molecule has 2 N–H and O–H groups in total. The number of hydrogen-bond acceptors (Lipinski definition) is 3. The highest BCUT2D eigenvalue weighted by molar-refractivity contribution is 7.99. The third-order valence-electron chi connectivity index (χ3n) is 1.76. The normalized spacial score (nSPS) is 10.1. The van der Waals surface area contributed by atoms with E-state index in [0.717, 1.165) is 18.0 Å². The number of aliphatic hydroxyl groups excluding tert-OH is 1. The first-order valence-electron chi connectivity index (χ1n) is 4.73. The van der Waals surface area contributed by atoms with Gasteiger partial charge in [0.25, 0.3) is 0 Å². The molecule has 88 valence electrons. The van der Waals surface area contributed by atoms with E-state index in [4.69, 9.17) is 28.3 Å². The first kappa shape index (κ1) is 13.6. The molecule has 0 saturated carbocycles. The first-order chi connectivity index (χ1) is 7.59. The molecule has 0 spiro atoms. The van der Waals surface area contributed by atoms with Gasteiger partial charge in [-0.3, -0.25) is 0 Å². The zero-order chi connectivity index (χ0) is 12.0. The summed E-state index contributed by atoms with van der Waals surface area (Å²) in [6, 6.07) is 5.43. The van der Waals surface area contributed by atoms with Crippen LogP contribution in [0.15, 0.2) is 30.5 Å². The molecule has 0 unspecified atom stereocenters. The predicted molar refractivity (Wildman–Crippen MR) is 74.0 cm³/mol. The summed E-state index contributed by atoms with van der Waals surface area (Å²) < 4.78 is 0. The van der Waals surface area contributed by atoms with Crippen molar-refractivity contribution in [2.24, 2.45) is 0 Å². The summed E-state index contributed by atoms with van der Waals surface area (Å²) in [5, 5.41) is 13.2. The second-order valence-corrected chi connectivity index (χ2v) is 5.09. The Labute approximate surface area is 110 Å². The van der Waals surface area contributed by atoms with Gasteiger partial charge in [-0.2, -0.15) is 11.8 Å². The zero-order valence-corrected chi connectivity index (χ0v) is 11.0. The number of hydrogen-bond donors (Lipinski definition) is 2. The second kappa shape index (κ2) is 6.94. The van der Waals surface area contributed by atoms with Crippen molar-refractivity contribution in [3.05, 3.63) is 40.6 Å². The van der Waals surface area contributed by atoms with Crippen LogP contribution in [0.5, 0.6) is 0 Å². The van der Waals surface area contributed by atoms with Gasteiger partial charge in [0.2, 0.25) is 0 Å². The Morgan fingerprint density at radius 1 is 1.38 bits per heavy atom. The number of aliphatic hydroxyl groups is 1. The Balaban J connectivity index is 2.27. The Morgan fingerprint density at radius 3 is 2.75 bits per heavy atom. The van der Waals surface area contributed by atoms with Gasteiger partial charge in [-0.1, -0.05) is 29.8 Å². The fourth-order valence-corrected chi connectivity index (χ4v) is 1.99. The van der Waals surface area contributed by atoms with Crippen LogP contribution in [0.3, 0.4) is 0 Å². The first-order valence-corrected chi connectivity index (χ1v) is 6.64. The molecule has 0 aliphatic carbocycles. The quantitative estimate of drug-likeness (QED) is 0.604. The lowest BCUT2D eigenvalue weighted by molar-refractivity contribution is 0.420. The summed E-state index contributed by atoms with van der Waals surface area (Å²) in [5.41, 5.74) is 0.942. The number of rotatable bonds is 6. The maximum absolute atomic E-state index is 8.87. The summed E-state index contributed by atoms with van der Waals surface area (Å²) in [6.45, 7) is 4.22. The van der Waals surface area contributed by atoms with Gasteiger partial charge >= 0.3 is 0 Å². The average Bonchev–Trinajstić information content (AvgIpc) is 2.22. The molecule has 0 aliphatic heterocycles. The van der Waals surface area contributed by atoms with Gasteiger partial charge in [0, 0.05) is 18.0 Å². The Morgan fingerprint density at radius 2 is 2.12 bits per heavy atom. The SMILES string of the molecule is C=C(O)CSCCNc1ccc(Cl)c(Cl)c1. The van der Waals surface area contributed by atoms with Crippen LogP contribution in [0.25, 0.3) is 0 Å². The molecule has 1 aromatic carbocycles. The fraction of sp³-hybridized carbons (Fsp3) is 0.273. The number of nitrogens with one attached hydrogen (secondary N) is 1.